The molecular formula is C20H24ClFN2O4S. The third kappa shape index (κ3) is 5.61. The van der Waals surface area contributed by atoms with Crippen LogP contribution in [0.1, 0.15) is 31.9 Å². The number of halogens is 2. The lowest BCUT2D eigenvalue weighted by atomic mass is 10.1. The number of anilines is 1. The average molecular weight is 443 g/mol. The Morgan fingerprint density at radius 2 is 1.86 bits per heavy atom. The molecule has 1 amide bonds. The summed E-state index contributed by atoms with van der Waals surface area (Å²) in [4.78, 5) is 12.9. The fourth-order valence-electron chi connectivity index (χ4n) is 2.97. The normalized spacial score (nSPS) is 13.4. The smallest absolute Gasteiger partial charge is 0.244 e. The van der Waals surface area contributed by atoms with Crippen LogP contribution in [0.5, 0.6) is 5.75 Å². The summed E-state index contributed by atoms with van der Waals surface area (Å²) in [5.41, 5.74) is 0.961. The van der Waals surface area contributed by atoms with Crippen LogP contribution in [0.15, 0.2) is 42.5 Å². The van der Waals surface area contributed by atoms with Gasteiger partial charge in [-0.1, -0.05) is 30.7 Å². The number of amides is 1. The van der Waals surface area contributed by atoms with Crippen molar-refractivity contribution in [3.8, 4) is 5.75 Å². The molecule has 0 spiro atoms. The third-order valence-electron chi connectivity index (χ3n) is 4.46. The molecular weight excluding hydrogens is 419 g/mol. The number of ether oxygens (including phenoxy) is 1. The molecule has 0 bridgehead atoms. The van der Waals surface area contributed by atoms with Crippen molar-refractivity contribution in [2.75, 3.05) is 17.7 Å². The largest absolute Gasteiger partial charge is 0.497 e. The van der Waals surface area contributed by atoms with Crippen LogP contribution < -0.4 is 14.4 Å². The highest BCUT2D eigenvalue weighted by molar-refractivity contribution is 7.92. The SMILES string of the molecule is CC[C@H](C(=O)N[C@H](C)c1ccc(OC)cc1)N(c1ccc(F)c(Cl)c1)S(C)(=O)=O. The van der Waals surface area contributed by atoms with E-state index in [2.05, 4.69) is 5.32 Å². The van der Waals surface area contributed by atoms with Crippen molar-refractivity contribution in [3.63, 3.8) is 0 Å². The van der Waals surface area contributed by atoms with E-state index in [1.54, 1.807) is 33.1 Å². The van der Waals surface area contributed by atoms with Crippen LogP contribution in [0.3, 0.4) is 0 Å². The Labute approximate surface area is 175 Å². The van der Waals surface area contributed by atoms with Crippen molar-refractivity contribution < 1.29 is 22.3 Å². The maximum Gasteiger partial charge on any atom is 0.244 e. The second-order valence-electron chi connectivity index (χ2n) is 6.58. The molecule has 2 rings (SSSR count). The van der Waals surface area contributed by atoms with Gasteiger partial charge in [-0.15, -0.1) is 0 Å². The van der Waals surface area contributed by atoms with Crippen molar-refractivity contribution >= 4 is 33.2 Å². The number of hydrogen-bond acceptors (Lipinski definition) is 4. The molecule has 2 aromatic carbocycles. The van der Waals surface area contributed by atoms with Gasteiger partial charge in [-0.05, 0) is 49.2 Å². The van der Waals surface area contributed by atoms with E-state index in [4.69, 9.17) is 16.3 Å². The summed E-state index contributed by atoms with van der Waals surface area (Å²) in [6.07, 6.45) is 1.20. The fourth-order valence-corrected chi connectivity index (χ4v) is 4.35. The molecule has 0 aromatic heterocycles. The van der Waals surface area contributed by atoms with E-state index in [-0.39, 0.29) is 23.2 Å². The number of carbonyl (C=O) groups is 1. The molecule has 0 aliphatic carbocycles. The highest BCUT2D eigenvalue weighted by atomic mass is 35.5. The monoisotopic (exact) mass is 442 g/mol. The Morgan fingerprint density at radius 3 is 2.34 bits per heavy atom. The summed E-state index contributed by atoms with van der Waals surface area (Å²) >= 11 is 5.82. The number of carbonyl (C=O) groups excluding carboxylic acids is 1. The molecule has 1 N–H and O–H groups in total. The van der Waals surface area contributed by atoms with Crippen LogP contribution in [-0.2, 0) is 14.8 Å². The highest BCUT2D eigenvalue weighted by Gasteiger charge is 2.32. The first-order valence-corrected chi connectivity index (χ1v) is 11.2. The number of hydrogen-bond donors (Lipinski definition) is 1. The van der Waals surface area contributed by atoms with E-state index in [1.165, 1.54) is 12.1 Å². The van der Waals surface area contributed by atoms with E-state index in [0.29, 0.717) is 5.75 Å². The van der Waals surface area contributed by atoms with Crippen molar-refractivity contribution in [3.05, 3.63) is 58.9 Å². The molecule has 0 fully saturated rings. The first-order chi connectivity index (χ1) is 13.6. The summed E-state index contributed by atoms with van der Waals surface area (Å²) in [6, 6.07) is 9.36. The topological polar surface area (TPSA) is 75.7 Å². The van der Waals surface area contributed by atoms with Crippen LogP contribution in [0, 0.1) is 5.82 Å². The highest BCUT2D eigenvalue weighted by Crippen LogP contribution is 2.28. The fraction of sp³-hybridized carbons (Fsp3) is 0.350. The molecule has 2 aromatic rings. The van der Waals surface area contributed by atoms with Crippen LogP contribution in [0.25, 0.3) is 0 Å². The lowest BCUT2D eigenvalue weighted by Crippen LogP contribution is -2.49. The second-order valence-corrected chi connectivity index (χ2v) is 8.85. The molecule has 6 nitrogen and oxygen atoms in total. The minimum atomic E-state index is -3.84. The van der Waals surface area contributed by atoms with Gasteiger partial charge in [0.25, 0.3) is 0 Å². The zero-order valence-corrected chi connectivity index (χ0v) is 18.2. The van der Waals surface area contributed by atoms with Gasteiger partial charge in [-0.3, -0.25) is 9.10 Å². The number of methoxy groups -OCH3 is 1. The summed E-state index contributed by atoms with van der Waals surface area (Å²) in [6.45, 7) is 3.50. The lowest BCUT2D eigenvalue weighted by Gasteiger charge is -2.31. The second kappa shape index (κ2) is 9.45. The van der Waals surface area contributed by atoms with Crippen LogP contribution >= 0.6 is 11.6 Å². The molecule has 0 unspecified atom stereocenters. The van der Waals surface area contributed by atoms with Gasteiger partial charge in [0.05, 0.1) is 30.1 Å². The Morgan fingerprint density at radius 1 is 1.24 bits per heavy atom. The van der Waals surface area contributed by atoms with E-state index in [1.807, 2.05) is 12.1 Å². The first kappa shape index (κ1) is 23.0. The lowest BCUT2D eigenvalue weighted by molar-refractivity contribution is -0.122. The van der Waals surface area contributed by atoms with Crippen molar-refractivity contribution in [1.82, 2.24) is 5.32 Å². The maximum absolute atomic E-state index is 13.5. The van der Waals surface area contributed by atoms with Crippen molar-refractivity contribution in [2.45, 2.75) is 32.4 Å². The Hall–Kier alpha value is -2.32. The van der Waals surface area contributed by atoms with Gasteiger partial charge in [0.2, 0.25) is 15.9 Å². The molecule has 0 heterocycles. The molecule has 0 aliphatic heterocycles. The van der Waals surface area contributed by atoms with Gasteiger partial charge in [-0.2, -0.15) is 0 Å². The zero-order chi connectivity index (χ0) is 21.8. The van der Waals surface area contributed by atoms with Crippen LogP contribution in [0.4, 0.5) is 10.1 Å². The minimum absolute atomic E-state index is 0.123. The molecule has 158 valence electrons. The van der Waals surface area contributed by atoms with E-state index in [0.717, 1.165) is 22.2 Å². The van der Waals surface area contributed by atoms with Gasteiger partial charge < -0.3 is 10.1 Å². The maximum atomic E-state index is 13.5. The van der Waals surface area contributed by atoms with Crippen molar-refractivity contribution in [2.24, 2.45) is 0 Å². The zero-order valence-electron chi connectivity index (χ0n) is 16.6. The molecule has 2 atom stereocenters. The van der Waals surface area contributed by atoms with Gasteiger partial charge >= 0.3 is 0 Å². The Kier molecular flexibility index (Phi) is 7.48. The standard InChI is InChI=1S/C20H24ClFN2O4S/c1-5-19(20(25)23-13(2)14-6-9-16(28-3)10-7-14)24(29(4,26)27)15-8-11-18(22)17(21)12-15/h6-13,19H,5H2,1-4H3,(H,23,25)/t13-,19-/m1/s1. The predicted octanol–water partition coefficient (Wildman–Crippen LogP) is 3.91. The van der Waals surface area contributed by atoms with Gasteiger partial charge in [0.15, 0.2) is 0 Å². The van der Waals surface area contributed by atoms with Crippen LogP contribution in [0.2, 0.25) is 5.02 Å². The number of rotatable bonds is 8. The van der Waals surface area contributed by atoms with Crippen LogP contribution in [-0.4, -0.2) is 33.7 Å². The number of sulfonamides is 1. The first-order valence-electron chi connectivity index (χ1n) is 8.97. The molecule has 0 saturated carbocycles. The number of benzene rings is 2. The minimum Gasteiger partial charge on any atom is -0.497 e. The number of nitrogens with zero attached hydrogens (tertiary/aromatic N) is 1. The van der Waals surface area contributed by atoms with Crippen molar-refractivity contribution in [1.29, 1.82) is 0 Å². The summed E-state index contributed by atoms with van der Waals surface area (Å²) < 4.78 is 44.5. The predicted molar refractivity (Wildman–Crippen MR) is 112 cm³/mol. The summed E-state index contributed by atoms with van der Waals surface area (Å²) in [5, 5.41) is 2.62. The third-order valence-corrected chi connectivity index (χ3v) is 5.93. The van der Waals surface area contributed by atoms with Gasteiger partial charge in [0.1, 0.15) is 17.6 Å². The quantitative estimate of drug-likeness (QED) is 0.672. The summed E-state index contributed by atoms with van der Waals surface area (Å²) in [5.74, 6) is -0.452. The van der Waals surface area contributed by atoms with E-state index in [9.17, 15) is 17.6 Å². The molecule has 0 aliphatic rings. The van der Waals surface area contributed by atoms with Gasteiger partial charge in [0, 0.05) is 0 Å². The molecule has 9 heteroatoms. The average Bonchev–Trinajstić information content (AvgIpc) is 2.67. The number of nitrogens with one attached hydrogen (secondary N) is 1. The molecule has 0 radical (unpaired) electrons. The molecule has 0 saturated heterocycles. The Balaban J connectivity index is 2.30. The Bertz CT molecular complexity index is 967. The van der Waals surface area contributed by atoms with Gasteiger partial charge in [-0.25, -0.2) is 12.8 Å². The van der Waals surface area contributed by atoms with E-state index < -0.39 is 27.8 Å². The van der Waals surface area contributed by atoms with E-state index >= 15 is 0 Å². The molecule has 29 heavy (non-hydrogen) atoms. The summed E-state index contributed by atoms with van der Waals surface area (Å²) in [7, 11) is -2.28.